The minimum atomic E-state index is 0.694. The van der Waals surface area contributed by atoms with Crippen molar-refractivity contribution in [2.24, 2.45) is 23.5 Å². The molecule has 1 heteroatoms. The number of rotatable bonds is 18. The number of hydrogen-bond acceptors (Lipinski definition) is 1. The fraction of sp³-hybridized carbons (Fsp3) is 1.00. The van der Waals surface area contributed by atoms with Crippen molar-refractivity contribution in [3.05, 3.63) is 0 Å². The van der Waals surface area contributed by atoms with Gasteiger partial charge >= 0.3 is 0 Å². The van der Waals surface area contributed by atoms with E-state index < -0.39 is 0 Å². The molecule has 0 amide bonds. The van der Waals surface area contributed by atoms with Gasteiger partial charge in [-0.25, -0.2) is 0 Å². The van der Waals surface area contributed by atoms with Crippen LogP contribution in [0.25, 0.3) is 0 Å². The molecule has 0 spiro atoms. The highest BCUT2D eigenvalue weighted by Crippen LogP contribution is 2.22. The third-order valence-electron chi connectivity index (χ3n) is 6.01. The van der Waals surface area contributed by atoms with Crippen LogP contribution in [0, 0.1) is 17.8 Å². The van der Waals surface area contributed by atoms with Crippen molar-refractivity contribution in [3.8, 4) is 0 Å². The lowest BCUT2D eigenvalue weighted by Crippen LogP contribution is -2.18. The number of unbranched alkanes of at least 4 members (excludes halogenated alkanes) is 8. The zero-order valence-electron chi connectivity index (χ0n) is 17.6. The first-order valence-electron chi connectivity index (χ1n) is 11.4. The Labute approximate surface area is 154 Å². The van der Waals surface area contributed by atoms with Crippen LogP contribution in [0.15, 0.2) is 0 Å². The Morgan fingerprint density at radius 3 is 1.38 bits per heavy atom. The second-order valence-electron chi connectivity index (χ2n) is 8.39. The summed E-state index contributed by atoms with van der Waals surface area (Å²) < 4.78 is 0. The molecule has 0 saturated carbocycles. The topological polar surface area (TPSA) is 26.0 Å². The minimum absolute atomic E-state index is 0.694. The van der Waals surface area contributed by atoms with E-state index >= 15 is 0 Å². The normalized spacial score (nSPS) is 14.2. The molecule has 0 fully saturated rings. The van der Waals surface area contributed by atoms with Gasteiger partial charge < -0.3 is 5.73 Å². The molecule has 0 aliphatic rings. The SMILES string of the molecule is CCCC(CCC)CCCCCCCCCCCC(C)C(C)CN. The molecule has 0 heterocycles. The quantitative estimate of drug-likeness (QED) is 0.254. The second-order valence-corrected chi connectivity index (χ2v) is 8.39. The molecule has 2 unspecified atom stereocenters. The Morgan fingerprint density at radius 1 is 0.542 bits per heavy atom. The third-order valence-corrected chi connectivity index (χ3v) is 6.01. The van der Waals surface area contributed by atoms with Gasteiger partial charge in [-0.1, -0.05) is 124 Å². The summed E-state index contributed by atoms with van der Waals surface area (Å²) in [6.45, 7) is 10.2. The van der Waals surface area contributed by atoms with Gasteiger partial charge in [-0.3, -0.25) is 0 Å². The fourth-order valence-electron chi connectivity index (χ4n) is 3.90. The van der Waals surface area contributed by atoms with Crippen LogP contribution in [0.4, 0.5) is 0 Å². The molecule has 146 valence electrons. The van der Waals surface area contributed by atoms with Crippen molar-refractivity contribution in [1.82, 2.24) is 0 Å². The average Bonchev–Trinajstić information content (AvgIpc) is 2.58. The molecule has 0 aromatic carbocycles. The van der Waals surface area contributed by atoms with Crippen molar-refractivity contribution in [2.75, 3.05) is 6.54 Å². The predicted octanol–water partition coefficient (Wildman–Crippen LogP) is 7.72. The lowest BCUT2D eigenvalue weighted by Gasteiger charge is -2.17. The summed E-state index contributed by atoms with van der Waals surface area (Å²) in [6.07, 6.45) is 21.6. The van der Waals surface area contributed by atoms with Gasteiger partial charge in [0.05, 0.1) is 0 Å². The first kappa shape index (κ1) is 24.0. The van der Waals surface area contributed by atoms with E-state index in [1.807, 2.05) is 0 Å². The third kappa shape index (κ3) is 14.3. The van der Waals surface area contributed by atoms with Crippen LogP contribution in [0.5, 0.6) is 0 Å². The molecule has 2 N–H and O–H groups in total. The van der Waals surface area contributed by atoms with Gasteiger partial charge in [0.1, 0.15) is 0 Å². The summed E-state index contributed by atoms with van der Waals surface area (Å²) >= 11 is 0. The van der Waals surface area contributed by atoms with Crippen molar-refractivity contribution in [1.29, 1.82) is 0 Å². The predicted molar refractivity (Wildman–Crippen MR) is 111 cm³/mol. The Kier molecular flexibility index (Phi) is 17.7. The van der Waals surface area contributed by atoms with Crippen molar-refractivity contribution < 1.29 is 0 Å². The average molecular weight is 340 g/mol. The Bertz CT molecular complexity index is 232. The van der Waals surface area contributed by atoms with Crippen LogP contribution in [-0.4, -0.2) is 6.54 Å². The molecule has 2 atom stereocenters. The maximum absolute atomic E-state index is 5.74. The van der Waals surface area contributed by atoms with Crippen LogP contribution >= 0.6 is 0 Å². The van der Waals surface area contributed by atoms with E-state index in [9.17, 15) is 0 Å². The first-order chi connectivity index (χ1) is 11.7. The molecule has 0 aliphatic heterocycles. The monoisotopic (exact) mass is 339 g/mol. The molecule has 1 nitrogen and oxygen atoms in total. The van der Waals surface area contributed by atoms with E-state index in [-0.39, 0.29) is 0 Å². The molecule has 0 aliphatic carbocycles. The first-order valence-corrected chi connectivity index (χ1v) is 11.4. The van der Waals surface area contributed by atoms with Crippen LogP contribution in [0.1, 0.15) is 124 Å². The van der Waals surface area contributed by atoms with Gasteiger partial charge in [0.2, 0.25) is 0 Å². The van der Waals surface area contributed by atoms with E-state index in [0.29, 0.717) is 5.92 Å². The fourth-order valence-corrected chi connectivity index (χ4v) is 3.90. The summed E-state index contributed by atoms with van der Waals surface area (Å²) in [4.78, 5) is 0. The van der Waals surface area contributed by atoms with Gasteiger partial charge in [0, 0.05) is 0 Å². The summed E-state index contributed by atoms with van der Waals surface area (Å²) in [5.41, 5.74) is 5.74. The number of nitrogens with two attached hydrogens (primary N) is 1. The van der Waals surface area contributed by atoms with E-state index in [4.69, 9.17) is 5.73 Å². The Hall–Kier alpha value is -0.0400. The second kappa shape index (κ2) is 17.8. The van der Waals surface area contributed by atoms with E-state index in [1.165, 1.54) is 96.3 Å². The molecule has 0 saturated heterocycles. The van der Waals surface area contributed by atoms with Crippen molar-refractivity contribution >= 4 is 0 Å². The standard InChI is InChI=1S/C23H49N/c1-5-16-23(17-6-2)19-15-13-11-9-7-8-10-12-14-18-21(3)22(4)20-24/h21-23H,5-20,24H2,1-4H3. The molecule has 0 aromatic rings. The van der Waals surface area contributed by atoms with E-state index in [0.717, 1.165) is 18.4 Å². The minimum Gasteiger partial charge on any atom is -0.330 e. The molecule has 0 bridgehead atoms. The summed E-state index contributed by atoms with van der Waals surface area (Å²) in [6, 6.07) is 0. The molecule has 0 radical (unpaired) electrons. The Morgan fingerprint density at radius 2 is 0.958 bits per heavy atom. The highest BCUT2D eigenvalue weighted by atomic mass is 14.5. The van der Waals surface area contributed by atoms with Gasteiger partial charge in [-0.15, -0.1) is 0 Å². The summed E-state index contributed by atoms with van der Waals surface area (Å²) in [5, 5.41) is 0. The zero-order valence-corrected chi connectivity index (χ0v) is 17.6. The lowest BCUT2D eigenvalue weighted by molar-refractivity contribution is 0.357. The Balaban J connectivity index is 3.30. The van der Waals surface area contributed by atoms with Gasteiger partial charge in [-0.05, 0) is 24.3 Å². The van der Waals surface area contributed by atoms with Crippen LogP contribution in [-0.2, 0) is 0 Å². The van der Waals surface area contributed by atoms with Crippen LogP contribution < -0.4 is 5.73 Å². The van der Waals surface area contributed by atoms with Gasteiger partial charge in [0.15, 0.2) is 0 Å². The van der Waals surface area contributed by atoms with Crippen LogP contribution in [0.3, 0.4) is 0 Å². The maximum atomic E-state index is 5.74. The largest absolute Gasteiger partial charge is 0.330 e. The highest BCUT2D eigenvalue weighted by molar-refractivity contribution is 4.63. The molecule has 0 rings (SSSR count). The molecule has 24 heavy (non-hydrogen) atoms. The molecule has 0 aromatic heterocycles. The van der Waals surface area contributed by atoms with Crippen LogP contribution in [0.2, 0.25) is 0 Å². The van der Waals surface area contributed by atoms with Crippen molar-refractivity contribution in [2.45, 2.75) is 124 Å². The van der Waals surface area contributed by atoms with E-state index in [2.05, 4.69) is 27.7 Å². The summed E-state index contributed by atoms with van der Waals surface area (Å²) in [5.74, 6) is 2.52. The van der Waals surface area contributed by atoms with Gasteiger partial charge in [0.25, 0.3) is 0 Å². The highest BCUT2D eigenvalue weighted by Gasteiger charge is 2.09. The van der Waals surface area contributed by atoms with Crippen molar-refractivity contribution in [3.63, 3.8) is 0 Å². The van der Waals surface area contributed by atoms with E-state index in [1.54, 1.807) is 0 Å². The zero-order chi connectivity index (χ0) is 18.0. The lowest BCUT2D eigenvalue weighted by atomic mass is 9.90. The summed E-state index contributed by atoms with van der Waals surface area (Å²) in [7, 11) is 0. The molecular weight excluding hydrogens is 290 g/mol. The molecular formula is C23H49N. The van der Waals surface area contributed by atoms with Gasteiger partial charge in [-0.2, -0.15) is 0 Å². The maximum Gasteiger partial charge on any atom is -0.00490 e. The smallest absolute Gasteiger partial charge is 0.00490 e. The number of hydrogen-bond donors (Lipinski definition) is 1.